The molecule has 1 rings (SSSR count). The van der Waals surface area contributed by atoms with Crippen LogP contribution < -0.4 is 0 Å². The average molecular weight is 199 g/mol. The fourth-order valence-electron chi connectivity index (χ4n) is 1.42. The maximum absolute atomic E-state index is 5.47. The summed E-state index contributed by atoms with van der Waals surface area (Å²) in [6.45, 7) is 4.07. The van der Waals surface area contributed by atoms with Crippen molar-refractivity contribution in [2.24, 2.45) is 0 Å². The lowest BCUT2D eigenvalue weighted by atomic mass is 10.0. The van der Waals surface area contributed by atoms with Crippen molar-refractivity contribution in [1.29, 1.82) is 0 Å². The molecule has 0 saturated heterocycles. The number of nitrogens with zero attached hydrogens (tertiary/aromatic N) is 1. The molecule has 0 aromatic heterocycles. The monoisotopic (exact) mass is 199 g/mol. The second-order valence-electron chi connectivity index (χ2n) is 3.82. The van der Waals surface area contributed by atoms with Crippen LogP contribution in [0.25, 0.3) is 5.57 Å². The Morgan fingerprint density at radius 3 is 2.47 bits per heavy atom. The Morgan fingerprint density at radius 1 is 1.40 bits per heavy atom. The molecule has 1 atom stereocenters. The summed E-state index contributed by atoms with van der Waals surface area (Å²) < 4.78 is 0. The van der Waals surface area contributed by atoms with Gasteiger partial charge in [0.05, 0.1) is 6.04 Å². The molecule has 15 heavy (non-hydrogen) atoms. The first kappa shape index (κ1) is 11.6. The molecule has 1 aromatic rings. The molecular formula is C14H17N. The highest BCUT2D eigenvalue weighted by Gasteiger charge is 2.09. The Bertz CT molecular complexity index is 357. The van der Waals surface area contributed by atoms with Gasteiger partial charge in [0, 0.05) is 0 Å². The van der Waals surface area contributed by atoms with Gasteiger partial charge in [-0.25, -0.2) is 0 Å². The highest BCUT2D eigenvalue weighted by Crippen LogP contribution is 2.18. The van der Waals surface area contributed by atoms with Crippen molar-refractivity contribution >= 4 is 5.57 Å². The van der Waals surface area contributed by atoms with E-state index >= 15 is 0 Å². The minimum Gasteiger partial charge on any atom is -0.296 e. The normalized spacial score (nSPS) is 12.1. The number of terminal acetylenes is 1. The van der Waals surface area contributed by atoms with E-state index in [0.29, 0.717) is 0 Å². The van der Waals surface area contributed by atoms with Crippen molar-refractivity contribution in [1.82, 2.24) is 4.90 Å². The van der Waals surface area contributed by atoms with Crippen molar-refractivity contribution in [3.63, 3.8) is 0 Å². The number of hydrogen-bond acceptors (Lipinski definition) is 1. The van der Waals surface area contributed by atoms with Crippen LogP contribution in [0, 0.1) is 12.3 Å². The highest BCUT2D eigenvalue weighted by molar-refractivity contribution is 5.64. The van der Waals surface area contributed by atoms with E-state index in [-0.39, 0.29) is 6.04 Å². The molecule has 0 radical (unpaired) electrons. The van der Waals surface area contributed by atoms with Gasteiger partial charge in [-0.3, -0.25) is 4.90 Å². The Kier molecular flexibility index (Phi) is 4.15. The van der Waals surface area contributed by atoms with Gasteiger partial charge in [-0.05, 0) is 31.7 Å². The zero-order valence-corrected chi connectivity index (χ0v) is 9.40. The third kappa shape index (κ3) is 3.27. The van der Waals surface area contributed by atoms with Gasteiger partial charge in [0.1, 0.15) is 0 Å². The zero-order chi connectivity index (χ0) is 11.3. The van der Waals surface area contributed by atoms with Gasteiger partial charge in [0.2, 0.25) is 0 Å². The van der Waals surface area contributed by atoms with Crippen molar-refractivity contribution in [3.8, 4) is 12.3 Å². The standard InChI is InChI=1S/C14H17N/c1-5-14(15(3)4)11-12(2)13-9-7-6-8-10-13/h1,6-10,14H,2,11H2,3-4H3. The lowest BCUT2D eigenvalue weighted by Crippen LogP contribution is -2.26. The Morgan fingerprint density at radius 2 is 2.00 bits per heavy atom. The fourth-order valence-corrected chi connectivity index (χ4v) is 1.42. The molecule has 0 heterocycles. The van der Waals surface area contributed by atoms with Crippen LogP contribution in [-0.2, 0) is 0 Å². The van der Waals surface area contributed by atoms with Crippen LogP contribution in [0.3, 0.4) is 0 Å². The quantitative estimate of drug-likeness (QED) is 0.674. The molecular weight excluding hydrogens is 182 g/mol. The molecule has 0 bridgehead atoms. The fraction of sp³-hybridized carbons (Fsp3) is 0.286. The van der Waals surface area contributed by atoms with Crippen molar-refractivity contribution in [3.05, 3.63) is 42.5 Å². The van der Waals surface area contributed by atoms with Crippen LogP contribution >= 0.6 is 0 Å². The first-order valence-electron chi connectivity index (χ1n) is 5.01. The first-order chi connectivity index (χ1) is 7.15. The smallest absolute Gasteiger partial charge is 0.0747 e. The second-order valence-corrected chi connectivity index (χ2v) is 3.82. The largest absolute Gasteiger partial charge is 0.296 e. The topological polar surface area (TPSA) is 3.24 Å². The summed E-state index contributed by atoms with van der Waals surface area (Å²) in [7, 11) is 3.98. The van der Waals surface area contributed by atoms with Gasteiger partial charge < -0.3 is 0 Å². The molecule has 0 spiro atoms. The summed E-state index contributed by atoms with van der Waals surface area (Å²) in [5.41, 5.74) is 2.26. The molecule has 0 aliphatic heterocycles. The Hall–Kier alpha value is -1.52. The van der Waals surface area contributed by atoms with E-state index in [2.05, 4.69) is 24.6 Å². The van der Waals surface area contributed by atoms with E-state index < -0.39 is 0 Å². The average Bonchev–Trinajstić information content (AvgIpc) is 2.26. The van der Waals surface area contributed by atoms with Gasteiger partial charge in [0.25, 0.3) is 0 Å². The molecule has 0 saturated carbocycles. The van der Waals surface area contributed by atoms with E-state index in [1.165, 1.54) is 5.56 Å². The SMILES string of the molecule is C#CC(CC(=C)c1ccccc1)N(C)C. The molecule has 0 amide bonds. The predicted octanol–water partition coefficient (Wildman–Crippen LogP) is 2.65. The third-order valence-corrected chi connectivity index (χ3v) is 2.44. The van der Waals surface area contributed by atoms with E-state index in [0.717, 1.165) is 12.0 Å². The van der Waals surface area contributed by atoms with Crippen molar-refractivity contribution in [2.75, 3.05) is 14.1 Å². The van der Waals surface area contributed by atoms with Gasteiger partial charge >= 0.3 is 0 Å². The van der Waals surface area contributed by atoms with Crippen LogP contribution in [-0.4, -0.2) is 25.0 Å². The summed E-state index contributed by atoms with van der Waals surface area (Å²) in [5, 5.41) is 0. The zero-order valence-electron chi connectivity index (χ0n) is 9.40. The third-order valence-electron chi connectivity index (χ3n) is 2.44. The lowest BCUT2D eigenvalue weighted by molar-refractivity contribution is 0.358. The molecule has 0 N–H and O–H groups in total. The number of hydrogen-bond donors (Lipinski definition) is 0. The summed E-state index contributed by atoms with van der Waals surface area (Å²) >= 11 is 0. The van der Waals surface area contributed by atoms with Gasteiger partial charge in [-0.15, -0.1) is 6.42 Å². The summed E-state index contributed by atoms with van der Waals surface area (Å²) in [6, 6.07) is 10.3. The minimum atomic E-state index is 0.123. The molecule has 1 nitrogen and oxygen atoms in total. The molecule has 0 aliphatic carbocycles. The lowest BCUT2D eigenvalue weighted by Gasteiger charge is -2.19. The second kappa shape index (κ2) is 5.38. The van der Waals surface area contributed by atoms with Crippen LogP contribution in [0.15, 0.2) is 36.9 Å². The van der Waals surface area contributed by atoms with E-state index in [9.17, 15) is 0 Å². The maximum atomic E-state index is 5.47. The number of rotatable bonds is 4. The van der Waals surface area contributed by atoms with Gasteiger partial charge in [-0.1, -0.05) is 42.8 Å². The predicted molar refractivity (Wildman–Crippen MR) is 66.4 cm³/mol. The molecule has 1 heteroatoms. The van der Waals surface area contributed by atoms with E-state index in [4.69, 9.17) is 6.42 Å². The van der Waals surface area contributed by atoms with Crippen LogP contribution in [0.1, 0.15) is 12.0 Å². The van der Waals surface area contributed by atoms with Crippen molar-refractivity contribution in [2.45, 2.75) is 12.5 Å². The molecule has 0 aliphatic rings. The molecule has 1 aromatic carbocycles. The Balaban J connectivity index is 2.68. The summed E-state index contributed by atoms with van der Waals surface area (Å²) in [4.78, 5) is 2.04. The minimum absolute atomic E-state index is 0.123. The first-order valence-corrected chi connectivity index (χ1v) is 5.01. The highest BCUT2D eigenvalue weighted by atomic mass is 15.1. The van der Waals surface area contributed by atoms with Crippen molar-refractivity contribution < 1.29 is 0 Å². The van der Waals surface area contributed by atoms with Crippen LogP contribution in [0.2, 0.25) is 0 Å². The van der Waals surface area contributed by atoms with Crippen LogP contribution in [0.5, 0.6) is 0 Å². The summed E-state index contributed by atoms with van der Waals surface area (Å²) in [6.07, 6.45) is 6.28. The van der Waals surface area contributed by atoms with Gasteiger partial charge in [0.15, 0.2) is 0 Å². The maximum Gasteiger partial charge on any atom is 0.0747 e. The van der Waals surface area contributed by atoms with Gasteiger partial charge in [-0.2, -0.15) is 0 Å². The van der Waals surface area contributed by atoms with E-state index in [1.54, 1.807) is 0 Å². The number of benzene rings is 1. The summed E-state index contributed by atoms with van der Waals surface area (Å²) in [5.74, 6) is 2.77. The van der Waals surface area contributed by atoms with Crippen LogP contribution in [0.4, 0.5) is 0 Å². The molecule has 78 valence electrons. The Labute approximate surface area is 92.4 Å². The van der Waals surface area contributed by atoms with E-state index in [1.807, 2.05) is 37.2 Å². The molecule has 0 fully saturated rings. The molecule has 1 unspecified atom stereocenters.